The lowest BCUT2D eigenvalue weighted by atomic mass is 9.70. The van der Waals surface area contributed by atoms with Crippen LogP contribution in [0.5, 0.6) is 5.75 Å². The number of hydrogen-bond acceptors (Lipinski definition) is 3. The highest BCUT2D eigenvalue weighted by atomic mass is 16.7. The molecule has 28 heavy (non-hydrogen) atoms. The zero-order valence-electron chi connectivity index (χ0n) is 17.8. The summed E-state index contributed by atoms with van der Waals surface area (Å²) in [5.74, 6) is 0.920. The third-order valence-electron chi connectivity index (χ3n) is 6.40. The second-order valence-corrected chi connectivity index (χ2v) is 7.98. The standard InChI is InChI=1S/C25H34O3/c1-5-25(6-2,21-11-10-20(17-26)18(3)15-21)22-12-13-23(19(4)16-22)28-24-9-7-8-14-27-24/h10-13,15-16,24,26H,5-9,14,17H2,1-4H3. The Morgan fingerprint density at radius 3 is 2.21 bits per heavy atom. The van der Waals surface area contributed by atoms with E-state index in [1.165, 1.54) is 17.5 Å². The van der Waals surface area contributed by atoms with Crippen molar-refractivity contribution in [3.63, 3.8) is 0 Å². The monoisotopic (exact) mass is 382 g/mol. The van der Waals surface area contributed by atoms with Crippen molar-refractivity contribution < 1.29 is 14.6 Å². The SMILES string of the molecule is CCC(CC)(c1ccc(CO)c(C)c1)c1ccc(OC2CCCCO2)c(C)c1. The Kier molecular flexibility index (Phi) is 6.79. The molecule has 1 aliphatic heterocycles. The van der Waals surface area contributed by atoms with Crippen LogP contribution in [-0.2, 0) is 16.8 Å². The summed E-state index contributed by atoms with van der Waals surface area (Å²) >= 11 is 0. The summed E-state index contributed by atoms with van der Waals surface area (Å²) in [5, 5.41) is 9.52. The Bertz CT molecular complexity index is 786. The van der Waals surface area contributed by atoms with Crippen LogP contribution < -0.4 is 4.74 Å². The van der Waals surface area contributed by atoms with Crippen LogP contribution in [0.25, 0.3) is 0 Å². The fourth-order valence-corrected chi connectivity index (χ4v) is 4.43. The Morgan fingerprint density at radius 1 is 1.00 bits per heavy atom. The summed E-state index contributed by atoms with van der Waals surface area (Å²) in [6, 6.07) is 13.1. The Labute approximate surface area is 169 Å². The number of aliphatic hydroxyl groups is 1. The van der Waals surface area contributed by atoms with Gasteiger partial charge < -0.3 is 14.6 Å². The average molecular weight is 383 g/mol. The van der Waals surface area contributed by atoms with E-state index >= 15 is 0 Å². The normalized spacial score (nSPS) is 17.5. The molecular weight excluding hydrogens is 348 g/mol. The van der Waals surface area contributed by atoms with Crippen LogP contribution >= 0.6 is 0 Å². The Hall–Kier alpha value is -1.84. The molecule has 0 radical (unpaired) electrons. The van der Waals surface area contributed by atoms with Crippen LogP contribution in [0.15, 0.2) is 36.4 Å². The first kappa shape index (κ1) is 20.9. The fourth-order valence-electron chi connectivity index (χ4n) is 4.43. The quantitative estimate of drug-likeness (QED) is 0.657. The minimum Gasteiger partial charge on any atom is -0.465 e. The van der Waals surface area contributed by atoms with Crippen molar-refractivity contribution in [2.75, 3.05) is 6.61 Å². The maximum atomic E-state index is 9.52. The summed E-state index contributed by atoms with van der Waals surface area (Å²) in [6.45, 7) is 9.60. The molecule has 0 aliphatic carbocycles. The van der Waals surface area contributed by atoms with Gasteiger partial charge in [0, 0.05) is 11.8 Å². The molecule has 0 amide bonds. The van der Waals surface area contributed by atoms with E-state index in [0.717, 1.165) is 54.7 Å². The van der Waals surface area contributed by atoms with E-state index in [1.807, 2.05) is 0 Å². The molecule has 1 N–H and O–H groups in total. The van der Waals surface area contributed by atoms with Gasteiger partial charge in [-0.05, 0) is 73.4 Å². The van der Waals surface area contributed by atoms with Gasteiger partial charge in [-0.3, -0.25) is 0 Å². The fraction of sp³-hybridized carbons (Fsp3) is 0.520. The molecule has 0 saturated carbocycles. The molecule has 3 nitrogen and oxygen atoms in total. The summed E-state index contributed by atoms with van der Waals surface area (Å²) in [7, 11) is 0. The van der Waals surface area contributed by atoms with E-state index < -0.39 is 0 Å². The maximum Gasteiger partial charge on any atom is 0.199 e. The molecule has 1 unspecified atom stereocenters. The molecule has 2 aromatic rings. The van der Waals surface area contributed by atoms with Gasteiger partial charge in [0.05, 0.1) is 13.2 Å². The molecule has 1 atom stereocenters. The van der Waals surface area contributed by atoms with Gasteiger partial charge in [0.2, 0.25) is 0 Å². The van der Waals surface area contributed by atoms with Gasteiger partial charge in [0.1, 0.15) is 5.75 Å². The molecule has 0 spiro atoms. The van der Waals surface area contributed by atoms with Crippen LogP contribution in [0, 0.1) is 13.8 Å². The lowest BCUT2D eigenvalue weighted by Gasteiger charge is -2.34. The Morgan fingerprint density at radius 2 is 1.68 bits per heavy atom. The van der Waals surface area contributed by atoms with Crippen molar-refractivity contribution in [3.05, 3.63) is 64.2 Å². The number of aliphatic hydroxyl groups excluding tert-OH is 1. The second kappa shape index (κ2) is 9.11. The van der Waals surface area contributed by atoms with Crippen molar-refractivity contribution in [3.8, 4) is 5.75 Å². The molecule has 3 rings (SSSR count). The topological polar surface area (TPSA) is 38.7 Å². The van der Waals surface area contributed by atoms with E-state index in [9.17, 15) is 5.11 Å². The molecule has 2 aromatic carbocycles. The molecule has 1 aliphatic rings. The van der Waals surface area contributed by atoms with Crippen LogP contribution in [0.3, 0.4) is 0 Å². The molecule has 3 heteroatoms. The van der Waals surface area contributed by atoms with Gasteiger partial charge >= 0.3 is 0 Å². The summed E-state index contributed by atoms with van der Waals surface area (Å²) in [5.41, 5.74) is 5.90. The lowest BCUT2D eigenvalue weighted by molar-refractivity contribution is -0.106. The van der Waals surface area contributed by atoms with Crippen molar-refractivity contribution in [1.82, 2.24) is 0 Å². The first-order valence-corrected chi connectivity index (χ1v) is 10.6. The zero-order valence-corrected chi connectivity index (χ0v) is 17.8. The number of aryl methyl sites for hydroxylation is 2. The van der Waals surface area contributed by atoms with Gasteiger partial charge in [0.15, 0.2) is 6.29 Å². The highest BCUT2D eigenvalue weighted by Crippen LogP contribution is 2.41. The van der Waals surface area contributed by atoms with E-state index in [4.69, 9.17) is 9.47 Å². The van der Waals surface area contributed by atoms with E-state index in [1.54, 1.807) is 0 Å². The number of hydrogen-bond donors (Lipinski definition) is 1. The summed E-state index contributed by atoms with van der Waals surface area (Å²) in [6.07, 6.45) is 5.18. The van der Waals surface area contributed by atoms with Gasteiger partial charge in [-0.2, -0.15) is 0 Å². The highest BCUT2D eigenvalue weighted by molar-refractivity contribution is 5.46. The molecule has 1 saturated heterocycles. The van der Waals surface area contributed by atoms with Crippen LogP contribution in [0.4, 0.5) is 0 Å². The molecule has 1 heterocycles. The van der Waals surface area contributed by atoms with Crippen LogP contribution in [0.1, 0.15) is 73.8 Å². The summed E-state index contributed by atoms with van der Waals surface area (Å²) in [4.78, 5) is 0. The largest absolute Gasteiger partial charge is 0.465 e. The van der Waals surface area contributed by atoms with E-state index in [2.05, 4.69) is 64.1 Å². The highest BCUT2D eigenvalue weighted by Gasteiger charge is 2.31. The first-order chi connectivity index (χ1) is 13.5. The first-order valence-electron chi connectivity index (χ1n) is 10.6. The van der Waals surface area contributed by atoms with Crippen molar-refractivity contribution >= 4 is 0 Å². The summed E-state index contributed by atoms with van der Waals surface area (Å²) < 4.78 is 11.9. The molecule has 152 valence electrons. The van der Waals surface area contributed by atoms with E-state index in [-0.39, 0.29) is 18.3 Å². The van der Waals surface area contributed by atoms with Gasteiger partial charge in [0.25, 0.3) is 0 Å². The third kappa shape index (κ3) is 4.11. The van der Waals surface area contributed by atoms with E-state index in [0.29, 0.717) is 0 Å². The second-order valence-electron chi connectivity index (χ2n) is 7.98. The van der Waals surface area contributed by atoms with Crippen LogP contribution in [-0.4, -0.2) is 18.0 Å². The molecule has 0 bridgehead atoms. The Balaban J connectivity index is 1.93. The van der Waals surface area contributed by atoms with Crippen LogP contribution in [0.2, 0.25) is 0 Å². The smallest absolute Gasteiger partial charge is 0.199 e. The number of ether oxygens (including phenoxy) is 2. The predicted octanol–water partition coefficient (Wildman–Crippen LogP) is 5.81. The lowest BCUT2D eigenvalue weighted by Crippen LogP contribution is -2.27. The van der Waals surface area contributed by atoms with Gasteiger partial charge in [-0.15, -0.1) is 0 Å². The maximum absolute atomic E-state index is 9.52. The molecule has 1 fully saturated rings. The average Bonchev–Trinajstić information content (AvgIpc) is 2.72. The zero-order chi connectivity index (χ0) is 20.1. The van der Waals surface area contributed by atoms with Crippen molar-refractivity contribution in [1.29, 1.82) is 0 Å². The molecular formula is C25H34O3. The molecule has 0 aromatic heterocycles. The minimum absolute atomic E-state index is 0.0383. The van der Waals surface area contributed by atoms with Crippen molar-refractivity contribution in [2.24, 2.45) is 0 Å². The van der Waals surface area contributed by atoms with Gasteiger partial charge in [-0.1, -0.05) is 44.2 Å². The minimum atomic E-state index is -0.117. The third-order valence-corrected chi connectivity index (χ3v) is 6.40. The number of rotatable bonds is 7. The van der Waals surface area contributed by atoms with Gasteiger partial charge in [-0.25, -0.2) is 0 Å². The number of benzene rings is 2. The predicted molar refractivity (Wildman–Crippen MR) is 114 cm³/mol. The van der Waals surface area contributed by atoms with Crippen molar-refractivity contribution in [2.45, 2.75) is 78.1 Å².